The Bertz CT molecular complexity index is 664. The molecule has 140 valence electrons. The van der Waals surface area contributed by atoms with Gasteiger partial charge in [-0.1, -0.05) is 30.3 Å². The Balaban J connectivity index is 1.80. The lowest BCUT2D eigenvalue weighted by atomic mass is 9.89. The summed E-state index contributed by atoms with van der Waals surface area (Å²) in [7, 11) is -3.66. The van der Waals surface area contributed by atoms with Crippen LogP contribution in [0.1, 0.15) is 12.0 Å². The molecule has 25 heavy (non-hydrogen) atoms. The fourth-order valence-electron chi connectivity index (χ4n) is 2.69. The maximum absolute atomic E-state index is 12.1. The summed E-state index contributed by atoms with van der Waals surface area (Å²) >= 11 is 0. The molecule has 2 N–H and O–H groups in total. The third kappa shape index (κ3) is 6.28. The fraction of sp³-hybridized carbons (Fsp3) is 0.562. The van der Waals surface area contributed by atoms with E-state index in [0.29, 0.717) is 13.0 Å². The molecule has 1 aromatic rings. The summed E-state index contributed by atoms with van der Waals surface area (Å²) < 4.78 is 31.7. The maximum atomic E-state index is 12.1. The van der Waals surface area contributed by atoms with E-state index in [1.165, 1.54) is 4.90 Å². The zero-order valence-electron chi connectivity index (χ0n) is 13.9. The molecule has 1 aromatic carbocycles. The lowest BCUT2D eigenvalue weighted by Gasteiger charge is -2.37. The van der Waals surface area contributed by atoms with E-state index in [1.54, 1.807) is 0 Å². The van der Waals surface area contributed by atoms with Crippen molar-refractivity contribution in [3.63, 3.8) is 0 Å². The average molecular weight is 373 g/mol. The van der Waals surface area contributed by atoms with Gasteiger partial charge < -0.3 is 19.8 Å². The Morgan fingerprint density at radius 3 is 2.64 bits per heavy atom. The molecule has 0 radical (unpaired) electrons. The molecule has 1 amide bonds. The van der Waals surface area contributed by atoms with Gasteiger partial charge in [0.15, 0.2) is 0 Å². The molecule has 9 heteroatoms. The minimum atomic E-state index is -3.66. The second kappa shape index (κ2) is 8.61. The molecule has 8 nitrogen and oxygen atoms in total. The predicted molar refractivity (Wildman–Crippen MR) is 89.1 cm³/mol. The summed E-state index contributed by atoms with van der Waals surface area (Å²) in [6, 6.07) is 9.24. The standard InChI is InChI=1S/C16H23NO7S/c1-25(21,22)24-11-15(19)13-7-8-17(9-14(13)18)16(20)23-10-12-5-3-2-4-6-12/h2-6,13-15,18-19H,7-11H2,1H3/t13-,14+,15+/m0/s1. The number of amides is 1. The highest BCUT2D eigenvalue weighted by atomic mass is 32.2. The van der Waals surface area contributed by atoms with Gasteiger partial charge in [-0.05, 0) is 12.0 Å². The molecule has 2 rings (SSSR count). The Hall–Kier alpha value is -1.68. The number of piperidine rings is 1. The van der Waals surface area contributed by atoms with Crippen molar-refractivity contribution in [2.75, 3.05) is 26.0 Å². The van der Waals surface area contributed by atoms with Crippen molar-refractivity contribution < 1.29 is 32.3 Å². The number of carbonyl (C=O) groups excluding carboxylic acids is 1. The number of hydrogen-bond donors (Lipinski definition) is 2. The second-order valence-electron chi connectivity index (χ2n) is 6.06. The van der Waals surface area contributed by atoms with Crippen molar-refractivity contribution in [2.45, 2.75) is 25.2 Å². The molecule has 0 unspecified atom stereocenters. The summed E-state index contributed by atoms with van der Waals surface area (Å²) in [4.78, 5) is 13.4. The number of rotatable bonds is 6. The lowest BCUT2D eigenvalue weighted by molar-refractivity contribution is -0.0499. The van der Waals surface area contributed by atoms with E-state index in [1.807, 2.05) is 30.3 Å². The van der Waals surface area contributed by atoms with Crippen molar-refractivity contribution in [2.24, 2.45) is 5.92 Å². The van der Waals surface area contributed by atoms with Crippen LogP contribution in [0.4, 0.5) is 4.79 Å². The van der Waals surface area contributed by atoms with Gasteiger partial charge in [0.05, 0.1) is 31.6 Å². The van der Waals surface area contributed by atoms with Crippen LogP contribution >= 0.6 is 0 Å². The molecule has 1 aliphatic heterocycles. The average Bonchev–Trinajstić information content (AvgIpc) is 2.57. The summed E-state index contributed by atoms with van der Waals surface area (Å²) in [6.07, 6.45) is -1.45. The van der Waals surface area contributed by atoms with Crippen LogP contribution in [0.5, 0.6) is 0 Å². The van der Waals surface area contributed by atoms with Crippen LogP contribution in [0.2, 0.25) is 0 Å². The van der Waals surface area contributed by atoms with Gasteiger partial charge >= 0.3 is 6.09 Å². The topological polar surface area (TPSA) is 113 Å². The SMILES string of the molecule is CS(=O)(=O)OC[C@@H](O)[C@H]1CCN(C(=O)OCc2ccccc2)C[C@H]1O. The van der Waals surface area contributed by atoms with Gasteiger partial charge in [0.1, 0.15) is 6.61 Å². The summed E-state index contributed by atoms with van der Waals surface area (Å²) in [5.74, 6) is -0.570. The number of aliphatic hydroxyl groups is 2. The zero-order chi connectivity index (χ0) is 18.4. The van der Waals surface area contributed by atoms with Crippen LogP contribution in [0.15, 0.2) is 30.3 Å². The molecule has 1 aliphatic rings. The number of carbonyl (C=O) groups is 1. The number of aliphatic hydroxyl groups excluding tert-OH is 2. The minimum Gasteiger partial charge on any atom is -0.445 e. The van der Waals surface area contributed by atoms with Gasteiger partial charge in [0.2, 0.25) is 0 Å². The largest absolute Gasteiger partial charge is 0.445 e. The van der Waals surface area contributed by atoms with Gasteiger partial charge in [-0.25, -0.2) is 4.79 Å². The molecule has 0 aromatic heterocycles. The van der Waals surface area contributed by atoms with Crippen LogP contribution < -0.4 is 0 Å². The monoisotopic (exact) mass is 373 g/mol. The Labute approximate surface area is 147 Å². The molecule has 0 saturated carbocycles. The lowest BCUT2D eigenvalue weighted by Crippen LogP contribution is -2.50. The first-order valence-electron chi connectivity index (χ1n) is 7.92. The van der Waals surface area contributed by atoms with Gasteiger partial charge in [0.25, 0.3) is 10.1 Å². The number of ether oxygens (including phenoxy) is 1. The normalized spacial score (nSPS) is 22.4. The van der Waals surface area contributed by atoms with E-state index in [4.69, 9.17) is 4.74 Å². The molecule has 0 aliphatic carbocycles. The van der Waals surface area contributed by atoms with Crippen LogP contribution in [0.3, 0.4) is 0 Å². The van der Waals surface area contributed by atoms with Crippen LogP contribution in [0, 0.1) is 5.92 Å². The van der Waals surface area contributed by atoms with E-state index in [0.717, 1.165) is 11.8 Å². The third-order valence-electron chi connectivity index (χ3n) is 4.04. The summed E-state index contributed by atoms with van der Waals surface area (Å²) in [5, 5.41) is 20.2. The first-order chi connectivity index (χ1) is 11.8. The smallest absolute Gasteiger partial charge is 0.410 e. The molecule has 1 heterocycles. The molecule has 1 fully saturated rings. The minimum absolute atomic E-state index is 0.00816. The number of likely N-dealkylation sites (tertiary alicyclic amines) is 1. The molecule has 0 spiro atoms. The number of β-amino-alcohol motifs (C(OH)–C–C–N with tert-alkyl or cyclic N) is 1. The van der Waals surface area contributed by atoms with E-state index in [-0.39, 0.29) is 13.2 Å². The van der Waals surface area contributed by atoms with Gasteiger partial charge in [-0.15, -0.1) is 0 Å². The first-order valence-corrected chi connectivity index (χ1v) is 9.74. The predicted octanol–water partition coefficient (Wildman–Crippen LogP) is 0.343. The highest BCUT2D eigenvalue weighted by molar-refractivity contribution is 7.85. The highest BCUT2D eigenvalue weighted by Gasteiger charge is 2.35. The summed E-state index contributed by atoms with van der Waals surface area (Å²) in [6.45, 7) is 0.0268. The molecular weight excluding hydrogens is 350 g/mol. The Morgan fingerprint density at radius 2 is 2.04 bits per heavy atom. The number of nitrogens with zero attached hydrogens (tertiary/aromatic N) is 1. The molecule has 3 atom stereocenters. The molecule has 0 bridgehead atoms. The summed E-state index contributed by atoms with van der Waals surface area (Å²) in [5.41, 5.74) is 0.861. The van der Waals surface area contributed by atoms with E-state index >= 15 is 0 Å². The Morgan fingerprint density at radius 1 is 1.36 bits per heavy atom. The van der Waals surface area contributed by atoms with E-state index < -0.39 is 40.9 Å². The zero-order valence-corrected chi connectivity index (χ0v) is 14.8. The first kappa shape index (κ1) is 19.6. The number of benzene rings is 1. The van der Waals surface area contributed by atoms with Gasteiger partial charge in [0, 0.05) is 12.5 Å². The Kier molecular flexibility index (Phi) is 6.77. The van der Waals surface area contributed by atoms with Crippen LogP contribution in [0.25, 0.3) is 0 Å². The maximum Gasteiger partial charge on any atom is 0.410 e. The van der Waals surface area contributed by atoms with Crippen molar-refractivity contribution in [3.8, 4) is 0 Å². The molecule has 1 saturated heterocycles. The van der Waals surface area contributed by atoms with Crippen molar-refractivity contribution in [3.05, 3.63) is 35.9 Å². The fourth-order valence-corrected chi connectivity index (χ4v) is 3.08. The van der Waals surface area contributed by atoms with Crippen molar-refractivity contribution in [1.29, 1.82) is 0 Å². The van der Waals surface area contributed by atoms with Gasteiger partial charge in [-0.3, -0.25) is 4.18 Å². The van der Waals surface area contributed by atoms with Crippen molar-refractivity contribution in [1.82, 2.24) is 4.90 Å². The van der Waals surface area contributed by atoms with Crippen LogP contribution in [-0.4, -0.2) is 67.8 Å². The molecular formula is C16H23NO7S. The highest BCUT2D eigenvalue weighted by Crippen LogP contribution is 2.22. The van der Waals surface area contributed by atoms with Gasteiger partial charge in [-0.2, -0.15) is 8.42 Å². The number of hydrogen-bond acceptors (Lipinski definition) is 7. The second-order valence-corrected chi connectivity index (χ2v) is 7.71. The van der Waals surface area contributed by atoms with E-state index in [9.17, 15) is 23.4 Å². The quantitative estimate of drug-likeness (QED) is 0.692. The van der Waals surface area contributed by atoms with Crippen molar-refractivity contribution >= 4 is 16.2 Å². The third-order valence-corrected chi connectivity index (χ3v) is 4.61. The van der Waals surface area contributed by atoms with Crippen LogP contribution in [-0.2, 0) is 25.6 Å². The van der Waals surface area contributed by atoms with E-state index in [2.05, 4.69) is 4.18 Å².